The lowest BCUT2D eigenvalue weighted by Crippen LogP contribution is -2.43. The standard InChI is InChI=1S/C14H20FIO2Si/c1-14(10-19(2,3)15,13-17-8-9-18-13)11-6-4-5-7-12(11)16/h4-7,13H,8-10H2,1-3H3/t14-/m1/s1. The van der Waals surface area contributed by atoms with Crippen LogP contribution in [0.25, 0.3) is 0 Å². The third kappa shape index (κ3) is 3.56. The van der Waals surface area contributed by atoms with Gasteiger partial charge in [0.15, 0.2) is 6.29 Å². The normalized spacial score (nSPS) is 20.5. The molecule has 0 unspecified atom stereocenters. The highest BCUT2D eigenvalue weighted by molar-refractivity contribution is 14.1. The maximum absolute atomic E-state index is 14.4. The highest BCUT2D eigenvalue weighted by Crippen LogP contribution is 2.41. The molecule has 2 nitrogen and oxygen atoms in total. The van der Waals surface area contributed by atoms with Crippen LogP contribution in [0.1, 0.15) is 12.5 Å². The minimum atomic E-state index is -2.73. The van der Waals surface area contributed by atoms with E-state index < -0.39 is 13.8 Å². The molecule has 1 aromatic carbocycles. The van der Waals surface area contributed by atoms with Crippen LogP contribution in [0.3, 0.4) is 0 Å². The molecule has 0 N–H and O–H groups in total. The van der Waals surface area contributed by atoms with E-state index in [9.17, 15) is 4.11 Å². The number of ether oxygens (including phenoxy) is 2. The number of halogens is 2. The van der Waals surface area contributed by atoms with Gasteiger partial charge in [-0.15, -0.1) is 0 Å². The van der Waals surface area contributed by atoms with E-state index in [4.69, 9.17) is 9.47 Å². The van der Waals surface area contributed by atoms with Crippen LogP contribution in [0.15, 0.2) is 24.3 Å². The van der Waals surface area contributed by atoms with Crippen LogP contribution in [0, 0.1) is 3.57 Å². The predicted molar refractivity (Wildman–Crippen MR) is 85.6 cm³/mol. The molecule has 5 heteroatoms. The molecule has 0 radical (unpaired) electrons. The van der Waals surface area contributed by atoms with Gasteiger partial charge < -0.3 is 13.6 Å². The largest absolute Gasteiger partial charge is 0.349 e. The van der Waals surface area contributed by atoms with Gasteiger partial charge in [-0.25, -0.2) is 0 Å². The molecule has 0 aliphatic carbocycles. The molecule has 106 valence electrons. The Hall–Kier alpha value is 0.0169. The van der Waals surface area contributed by atoms with Crippen molar-refractivity contribution >= 4 is 31.0 Å². The van der Waals surface area contributed by atoms with Crippen LogP contribution in [-0.2, 0) is 14.9 Å². The summed E-state index contributed by atoms with van der Waals surface area (Å²) in [4.78, 5) is 0. The van der Waals surface area contributed by atoms with E-state index in [0.717, 1.165) is 9.13 Å². The Bertz CT molecular complexity index is 443. The molecule has 2 rings (SSSR count). The van der Waals surface area contributed by atoms with Gasteiger partial charge in [-0.1, -0.05) is 25.1 Å². The molecule has 1 saturated heterocycles. The molecule has 1 aliphatic heterocycles. The quantitative estimate of drug-likeness (QED) is 0.435. The minimum Gasteiger partial charge on any atom is -0.349 e. The Morgan fingerprint density at radius 3 is 2.42 bits per heavy atom. The Labute approximate surface area is 129 Å². The number of benzene rings is 1. The zero-order valence-corrected chi connectivity index (χ0v) is 14.7. The molecule has 0 saturated carbocycles. The zero-order chi connectivity index (χ0) is 14.1. The molecule has 0 bridgehead atoms. The van der Waals surface area contributed by atoms with Gasteiger partial charge in [-0.2, -0.15) is 0 Å². The van der Waals surface area contributed by atoms with Gasteiger partial charge >= 0.3 is 0 Å². The summed E-state index contributed by atoms with van der Waals surface area (Å²) in [7, 11) is -2.73. The fraction of sp³-hybridized carbons (Fsp3) is 0.571. The van der Waals surface area contributed by atoms with Crippen molar-refractivity contribution in [2.45, 2.75) is 37.8 Å². The first kappa shape index (κ1) is 15.4. The van der Waals surface area contributed by atoms with Gasteiger partial charge in [0.25, 0.3) is 0 Å². The predicted octanol–water partition coefficient (Wildman–Crippen LogP) is 4.10. The molecule has 1 atom stereocenters. The van der Waals surface area contributed by atoms with Gasteiger partial charge in [-0.05, 0) is 53.4 Å². The van der Waals surface area contributed by atoms with Crippen LogP contribution in [0.5, 0.6) is 0 Å². The van der Waals surface area contributed by atoms with Crippen LogP contribution < -0.4 is 0 Å². The molecule has 1 fully saturated rings. The van der Waals surface area contributed by atoms with Gasteiger partial charge in [0.1, 0.15) is 0 Å². The van der Waals surface area contributed by atoms with E-state index in [0.29, 0.717) is 19.3 Å². The monoisotopic (exact) mass is 394 g/mol. The van der Waals surface area contributed by atoms with Crippen LogP contribution in [0.2, 0.25) is 19.1 Å². The van der Waals surface area contributed by atoms with Crippen LogP contribution in [0.4, 0.5) is 4.11 Å². The third-order valence-corrected chi connectivity index (χ3v) is 5.93. The van der Waals surface area contributed by atoms with Gasteiger partial charge in [0, 0.05) is 8.99 Å². The maximum atomic E-state index is 14.4. The van der Waals surface area contributed by atoms with Crippen molar-refractivity contribution in [1.29, 1.82) is 0 Å². The van der Waals surface area contributed by atoms with Gasteiger partial charge in [-0.3, -0.25) is 0 Å². The van der Waals surface area contributed by atoms with E-state index in [-0.39, 0.29) is 6.29 Å². The van der Waals surface area contributed by atoms with Crippen LogP contribution in [-0.4, -0.2) is 27.9 Å². The molecule has 1 aliphatic rings. The molecular weight excluding hydrogens is 374 g/mol. The average molecular weight is 394 g/mol. The summed E-state index contributed by atoms with van der Waals surface area (Å²) in [5.74, 6) is 0. The highest BCUT2D eigenvalue weighted by Gasteiger charge is 2.45. The number of hydrogen-bond donors (Lipinski definition) is 0. The lowest BCUT2D eigenvalue weighted by molar-refractivity contribution is -0.0894. The van der Waals surface area contributed by atoms with E-state index in [2.05, 4.69) is 41.6 Å². The first-order chi connectivity index (χ1) is 8.83. The van der Waals surface area contributed by atoms with Crippen molar-refractivity contribution in [1.82, 2.24) is 0 Å². The second-order valence-corrected chi connectivity index (χ2v) is 10.8. The van der Waals surface area contributed by atoms with Crippen molar-refractivity contribution in [2.75, 3.05) is 13.2 Å². The summed E-state index contributed by atoms with van der Waals surface area (Å²) >= 11 is 2.31. The number of hydrogen-bond acceptors (Lipinski definition) is 2. The minimum absolute atomic E-state index is 0.342. The summed E-state index contributed by atoms with van der Waals surface area (Å²) in [6, 6.07) is 8.62. The van der Waals surface area contributed by atoms with E-state index in [1.807, 2.05) is 12.1 Å². The summed E-state index contributed by atoms with van der Waals surface area (Å²) in [5, 5.41) is 0. The van der Waals surface area contributed by atoms with Crippen molar-refractivity contribution in [3.8, 4) is 0 Å². The summed E-state index contributed by atoms with van der Waals surface area (Å²) in [6.45, 7) is 6.75. The van der Waals surface area contributed by atoms with Crippen molar-refractivity contribution in [2.24, 2.45) is 0 Å². The summed E-state index contributed by atoms with van der Waals surface area (Å²) in [6.07, 6.45) is -0.342. The maximum Gasteiger partial charge on any atom is 0.242 e. The molecule has 0 aromatic heterocycles. The Morgan fingerprint density at radius 2 is 1.89 bits per heavy atom. The van der Waals surface area contributed by atoms with Crippen molar-refractivity contribution in [3.63, 3.8) is 0 Å². The number of rotatable bonds is 4. The topological polar surface area (TPSA) is 18.5 Å². The molecular formula is C14H20FIO2Si. The molecule has 1 aromatic rings. The van der Waals surface area contributed by atoms with E-state index in [1.54, 1.807) is 13.1 Å². The zero-order valence-electron chi connectivity index (χ0n) is 11.6. The first-order valence-corrected chi connectivity index (χ1v) is 10.7. The fourth-order valence-corrected chi connectivity index (χ4v) is 5.94. The Kier molecular flexibility index (Phi) is 4.70. The SMILES string of the molecule is C[C@@](C[Si](C)(C)F)(c1ccccc1I)C1OCCO1. The summed E-state index contributed by atoms with van der Waals surface area (Å²) in [5.41, 5.74) is 0.708. The third-order valence-electron chi connectivity index (χ3n) is 3.42. The van der Waals surface area contributed by atoms with E-state index in [1.165, 1.54) is 0 Å². The average Bonchev–Trinajstić information content (AvgIpc) is 2.80. The molecule has 1 heterocycles. The lowest BCUT2D eigenvalue weighted by atomic mass is 9.83. The van der Waals surface area contributed by atoms with Gasteiger partial charge in [0.2, 0.25) is 8.41 Å². The summed E-state index contributed by atoms with van der Waals surface area (Å²) < 4.78 is 26.9. The fourth-order valence-electron chi connectivity index (χ4n) is 2.83. The smallest absolute Gasteiger partial charge is 0.242 e. The second-order valence-electron chi connectivity index (χ2n) is 5.87. The Balaban J connectivity index is 2.41. The molecule has 0 amide bonds. The van der Waals surface area contributed by atoms with E-state index >= 15 is 0 Å². The van der Waals surface area contributed by atoms with Crippen LogP contribution >= 0.6 is 22.6 Å². The Morgan fingerprint density at radius 1 is 1.32 bits per heavy atom. The lowest BCUT2D eigenvalue weighted by Gasteiger charge is -2.37. The molecule has 19 heavy (non-hydrogen) atoms. The first-order valence-electron chi connectivity index (χ1n) is 6.50. The highest BCUT2D eigenvalue weighted by atomic mass is 127. The molecule has 0 spiro atoms. The van der Waals surface area contributed by atoms with Gasteiger partial charge in [0.05, 0.1) is 13.2 Å². The second kappa shape index (κ2) is 5.79. The van der Waals surface area contributed by atoms with Crippen molar-refractivity contribution < 1.29 is 13.6 Å². The van der Waals surface area contributed by atoms with Crippen molar-refractivity contribution in [3.05, 3.63) is 33.4 Å².